The summed E-state index contributed by atoms with van der Waals surface area (Å²) in [5.74, 6) is 0.835. The first-order valence-corrected chi connectivity index (χ1v) is 8.83. The van der Waals surface area contributed by atoms with Gasteiger partial charge in [0.25, 0.3) is 0 Å². The zero-order chi connectivity index (χ0) is 17.0. The minimum absolute atomic E-state index is 0.0654. The van der Waals surface area contributed by atoms with E-state index in [1.165, 1.54) is 18.9 Å². The van der Waals surface area contributed by atoms with Gasteiger partial charge in [0.2, 0.25) is 5.91 Å². The van der Waals surface area contributed by atoms with Gasteiger partial charge in [0.15, 0.2) is 0 Å². The highest BCUT2D eigenvalue weighted by atomic mass is 32.2. The Labute approximate surface area is 140 Å². The number of carbonyl (C=O) groups excluding carboxylic acids is 2. The molecule has 0 bridgehead atoms. The number of esters is 1. The van der Waals surface area contributed by atoms with E-state index >= 15 is 0 Å². The van der Waals surface area contributed by atoms with Crippen LogP contribution in [0.3, 0.4) is 0 Å². The van der Waals surface area contributed by atoms with Crippen molar-refractivity contribution in [2.75, 3.05) is 12.9 Å². The Hall–Kier alpha value is -1.63. The van der Waals surface area contributed by atoms with Crippen LogP contribution >= 0.6 is 11.8 Å². The molecule has 2 rings (SSSR count). The molecule has 7 heteroatoms. The lowest BCUT2D eigenvalue weighted by Gasteiger charge is -2.13. The molecule has 1 saturated carbocycles. The first-order valence-electron chi connectivity index (χ1n) is 7.85. The van der Waals surface area contributed by atoms with E-state index in [9.17, 15) is 9.59 Å². The molecule has 6 nitrogen and oxygen atoms in total. The molecule has 0 saturated heterocycles. The van der Waals surface area contributed by atoms with Crippen molar-refractivity contribution in [1.29, 1.82) is 0 Å². The summed E-state index contributed by atoms with van der Waals surface area (Å²) >= 11 is 1.26. The summed E-state index contributed by atoms with van der Waals surface area (Å²) < 4.78 is 4.83. The molecule has 1 amide bonds. The number of amides is 1. The molecule has 0 spiro atoms. The van der Waals surface area contributed by atoms with Crippen LogP contribution in [0, 0.1) is 6.92 Å². The largest absolute Gasteiger partial charge is 0.465 e. The number of hydrogen-bond acceptors (Lipinski definition) is 6. The van der Waals surface area contributed by atoms with Crippen molar-refractivity contribution in [3.63, 3.8) is 0 Å². The molecule has 1 fully saturated rings. The molecule has 1 atom stereocenters. The smallest absolute Gasteiger partial charge is 0.342 e. The van der Waals surface area contributed by atoms with Gasteiger partial charge < -0.3 is 10.1 Å². The second-order valence-electron chi connectivity index (χ2n) is 5.78. The van der Waals surface area contributed by atoms with E-state index in [1.54, 1.807) is 6.92 Å². The lowest BCUT2D eigenvalue weighted by Crippen LogP contribution is -2.33. The number of hydrogen-bond donors (Lipinski definition) is 1. The number of aryl methyl sites for hydroxylation is 1. The Morgan fingerprint density at radius 1 is 1.39 bits per heavy atom. The van der Waals surface area contributed by atoms with Gasteiger partial charge in [0.05, 0.1) is 18.6 Å². The van der Waals surface area contributed by atoms with E-state index < -0.39 is 5.97 Å². The van der Waals surface area contributed by atoms with E-state index in [-0.39, 0.29) is 17.7 Å². The van der Waals surface area contributed by atoms with Gasteiger partial charge in [0, 0.05) is 12.0 Å². The Bertz CT molecular complexity index is 602. The Balaban J connectivity index is 2.17. The van der Waals surface area contributed by atoms with Gasteiger partial charge in [-0.1, -0.05) is 18.7 Å². The highest BCUT2D eigenvalue weighted by Gasteiger charge is 2.29. The molecule has 23 heavy (non-hydrogen) atoms. The van der Waals surface area contributed by atoms with Crippen LogP contribution in [0.1, 0.15) is 60.9 Å². The number of methoxy groups -OCH3 is 1. The van der Waals surface area contributed by atoms with Crippen molar-refractivity contribution in [2.24, 2.45) is 0 Å². The maximum Gasteiger partial charge on any atom is 0.342 e. The molecule has 126 valence electrons. The second kappa shape index (κ2) is 7.77. The molecule has 0 aliphatic heterocycles. The number of ether oxygens (including phenoxy) is 1. The van der Waals surface area contributed by atoms with Crippen molar-refractivity contribution in [3.05, 3.63) is 17.1 Å². The minimum Gasteiger partial charge on any atom is -0.465 e. The lowest BCUT2D eigenvalue weighted by molar-refractivity contribution is -0.119. The summed E-state index contributed by atoms with van der Waals surface area (Å²) in [5, 5.41) is 3.44. The predicted molar refractivity (Wildman–Crippen MR) is 88.7 cm³/mol. The van der Waals surface area contributed by atoms with Gasteiger partial charge in [-0.05, 0) is 33.1 Å². The fourth-order valence-electron chi connectivity index (χ4n) is 2.09. The molecule has 0 unspecified atom stereocenters. The van der Waals surface area contributed by atoms with Crippen LogP contribution in [0.4, 0.5) is 0 Å². The topological polar surface area (TPSA) is 81.2 Å². The van der Waals surface area contributed by atoms with Crippen molar-refractivity contribution in [2.45, 2.75) is 57.0 Å². The third-order valence-corrected chi connectivity index (χ3v) is 4.74. The van der Waals surface area contributed by atoms with Crippen LogP contribution in [-0.4, -0.2) is 40.7 Å². The van der Waals surface area contributed by atoms with Crippen LogP contribution in [0.15, 0.2) is 5.03 Å². The van der Waals surface area contributed by atoms with Crippen molar-refractivity contribution < 1.29 is 14.3 Å². The fraction of sp³-hybridized carbons (Fsp3) is 0.625. The van der Waals surface area contributed by atoms with Crippen molar-refractivity contribution >= 4 is 23.6 Å². The van der Waals surface area contributed by atoms with Crippen LogP contribution in [0.5, 0.6) is 0 Å². The standard InChI is InChI=1S/C16H23N3O3S/c1-5-9(2)17-12(20)8-23-15-13(16(21)22-4)10(3)18-14(19-15)11-6-7-11/h9,11H,5-8H2,1-4H3,(H,17,20)/t9-/m1/s1. The van der Waals surface area contributed by atoms with Crippen LogP contribution in [0.2, 0.25) is 0 Å². The van der Waals surface area contributed by atoms with Gasteiger partial charge in [-0.3, -0.25) is 4.79 Å². The monoisotopic (exact) mass is 337 g/mol. The zero-order valence-corrected chi connectivity index (χ0v) is 14.8. The summed E-state index contributed by atoms with van der Waals surface area (Å²) in [6, 6.07) is 0.136. The average molecular weight is 337 g/mol. The van der Waals surface area contributed by atoms with Crippen LogP contribution in [0.25, 0.3) is 0 Å². The molecule has 1 heterocycles. The van der Waals surface area contributed by atoms with Crippen molar-refractivity contribution in [1.82, 2.24) is 15.3 Å². The second-order valence-corrected chi connectivity index (χ2v) is 6.74. The number of carbonyl (C=O) groups is 2. The van der Waals surface area contributed by atoms with Gasteiger partial charge >= 0.3 is 5.97 Å². The molecular weight excluding hydrogens is 314 g/mol. The highest BCUT2D eigenvalue weighted by Crippen LogP contribution is 2.39. The molecular formula is C16H23N3O3S. The third kappa shape index (κ3) is 4.67. The van der Waals surface area contributed by atoms with Gasteiger partial charge in [-0.2, -0.15) is 0 Å². The summed E-state index contributed by atoms with van der Waals surface area (Å²) in [4.78, 5) is 32.9. The normalized spacial score (nSPS) is 15.1. The molecule has 1 aliphatic rings. The maximum absolute atomic E-state index is 12.0. The Morgan fingerprint density at radius 3 is 2.65 bits per heavy atom. The van der Waals surface area contributed by atoms with Crippen LogP contribution < -0.4 is 5.32 Å². The SMILES string of the molecule is CC[C@@H](C)NC(=O)CSc1nc(C2CC2)nc(C)c1C(=O)OC. The number of nitrogens with one attached hydrogen (secondary N) is 1. The number of thioether (sulfide) groups is 1. The quantitative estimate of drug-likeness (QED) is 0.468. The fourth-order valence-corrected chi connectivity index (χ4v) is 2.97. The van der Waals surface area contributed by atoms with E-state index in [4.69, 9.17) is 4.74 Å². The Kier molecular flexibility index (Phi) is 5.98. The number of nitrogens with zero attached hydrogens (tertiary/aromatic N) is 2. The van der Waals surface area contributed by atoms with Crippen LogP contribution in [-0.2, 0) is 9.53 Å². The first-order chi connectivity index (χ1) is 11.0. The minimum atomic E-state index is -0.463. The summed E-state index contributed by atoms with van der Waals surface area (Å²) in [6.45, 7) is 5.76. The van der Waals surface area contributed by atoms with Gasteiger partial charge in [-0.25, -0.2) is 14.8 Å². The van der Waals surface area contributed by atoms with E-state index in [0.717, 1.165) is 25.1 Å². The molecule has 0 radical (unpaired) electrons. The Morgan fingerprint density at radius 2 is 2.09 bits per heavy atom. The zero-order valence-electron chi connectivity index (χ0n) is 14.0. The van der Waals surface area contributed by atoms with E-state index in [2.05, 4.69) is 15.3 Å². The number of rotatable bonds is 7. The summed E-state index contributed by atoms with van der Waals surface area (Å²) in [7, 11) is 1.33. The average Bonchev–Trinajstić information content (AvgIpc) is 3.36. The third-order valence-electron chi connectivity index (χ3n) is 3.77. The maximum atomic E-state index is 12.0. The molecule has 1 aliphatic carbocycles. The predicted octanol–water partition coefficient (Wildman–Crippen LogP) is 2.46. The molecule has 1 aromatic heterocycles. The highest BCUT2D eigenvalue weighted by molar-refractivity contribution is 8.00. The first kappa shape index (κ1) is 17.7. The van der Waals surface area contributed by atoms with Gasteiger partial charge in [-0.15, -0.1) is 0 Å². The van der Waals surface area contributed by atoms with E-state index in [1.807, 2.05) is 13.8 Å². The lowest BCUT2D eigenvalue weighted by atomic mass is 10.2. The molecule has 1 aromatic rings. The van der Waals surface area contributed by atoms with Gasteiger partial charge in [0.1, 0.15) is 16.4 Å². The summed E-state index contributed by atoms with van der Waals surface area (Å²) in [5.41, 5.74) is 0.969. The van der Waals surface area contributed by atoms with E-state index in [0.29, 0.717) is 22.2 Å². The summed E-state index contributed by atoms with van der Waals surface area (Å²) in [6.07, 6.45) is 3.04. The number of aromatic nitrogens is 2. The van der Waals surface area contributed by atoms with Crippen molar-refractivity contribution in [3.8, 4) is 0 Å². The molecule has 1 N–H and O–H groups in total. The molecule has 0 aromatic carbocycles.